The standard InChI is InChI=1S/C15H17N5/c1-10-13-12(8-16-2)9-20(3)15(13)19-14(18-10)11-4-6-17-7-5-11/h4-7,9,16H,8H2,1-3H3. The van der Waals surface area contributed by atoms with Gasteiger partial charge in [-0.25, -0.2) is 9.97 Å². The third-order valence-corrected chi connectivity index (χ3v) is 3.38. The van der Waals surface area contributed by atoms with Crippen molar-refractivity contribution in [3.05, 3.63) is 42.0 Å². The number of hydrogen-bond acceptors (Lipinski definition) is 4. The predicted octanol–water partition coefficient (Wildman–Crippen LogP) is 2.06. The lowest BCUT2D eigenvalue weighted by Gasteiger charge is -2.05. The third-order valence-electron chi connectivity index (χ3n) is 3.38. The van der Waals surface area contributed by atoms with Crippen molar-refractivity contribution < 1.29 is 0 Å². The molecule has 0 aliphatic carbocycles. The molecular weight excluding hydrogens is 250 g/mol. The smallest absolute Gasteiger partial charge is 0.161 e. The number of hydrogen-bond donors (Lipinski definition) is 1. The Hall–Kier alpha value is -2.27. The molecule has 0 amide bonds. The van der Waals surface area contributed by atoms with Crippen LogP contribution in [0.4, 0.5) is 0 Å². The first kappa shape index (κ1) is 12.7. The van der Waals surface area contributed by atoms with Crippen LogP contribution >= 0.6 is 0 Å². The minimum atomic E-state index is 0.745. The van der Waals surface area contributed by atoms with Gasteiger partial charge in [0, 0.05) is 43.1 Å². The molecule has 3 rings (SSSR count). The molecule has 20 heavy (non-hydrogen) atoms. The second kappa shape index (κ2) is 5.02. The zero-order chi connectivity index (χ0) is 14.1. The molecule has 0 bridgehead atoms. The van der Waals surface area contributed by atoms with Crippen LogP contribution < -0.4 is 5.32 Å². The number of fused-ring (bicyclic) bond motifs is 1. The highest BCUT2D eigenvalue weighted by molar-refractivity contribution is 5.84. The van der Waals surface area contributed by atoms with Crippen molar-refractivity contribution in [2.45, 2.75) is 13.5 Å². The molecule has 0 saturated carbocycles. The van der Waals surface area contributed by atoms with E-state index < -0.39 is 0 Å². The normalized spacial score (nSPS) is 11.2. The molecule has 3 heterocycles. The number of nitrogens with zero attached hydrogens (tertiary/aromatic N) is 4. The third kappa shape index (κ3) is 2.06. The molecule has 0 aliphatic heterocycles. The van der Waals surface area contributed by atoms with Gasteiger partial charge in [-0.05, 0) is 31.7 Å². The van der Waals surface area contributed by atoms with Crippen LogP contribution in [0.15, 0.2) is 30.7 Å². The fraction of sp³-hybridized carbons (Fsp3) is 0.267. The van der Waals surface area contributed by atoms with E-state index in [-0.39, 0.29) is 0 Å². The average Bonchev–Trinajstić information content (AvgIpc) is 2.77. The molecule has 0 fully saturated rings. The summed E-state index contributed by atoms with van der Waals surface area (Å²) in [6.07, 6.45) is 5.63. The molecule has 102 valence electrons. The highest BCUT2D eigenvalue weighted by atomic mass is 15.0. The van der Waals surface area contributed by atoms with Crippen molar-refractivity contribution in [2.75, 3.05) is 7.05 Å². The van der Waals surface area contributed by atoms with Crippen LogP contribution in [-0.2, 0) is 13.6 Å². The molecule has 0 radical (unpaired) electrons. The van der Waals surface area contributed by atoms with Crippen LogP contribution in [0, 0.1) is 6.92 Å². The number of aryl methyl sites for hydroxylation is 2. The average molecular weight is 267 g/mol. The largest absolute Gasteiger partial charge is 0.335 e. The van der Waals surface area contributed by atoms with Crippen molar-refractivity contribution in [1.82, 2.24) is 24.8 Å². The molecule has 0 saturated heterocycles. The Bertz CT molecular complexity index is 746. The molecule has 5 heteroatoms. The minimum Gasteiger partial charge on any atom is -0.335 e. The molecule has 0 aromatic carbocycles. The van der Waals surface area contributed by atoms with E-state index in [0.29, 0.717) is 0 Å². The van der Waals surface area contributed by atoms with Gasteiger partial charge in [-0.2, -0.15) is 0 Å². The summed E-state index contributed by atoms with van der Waals surface area (Å²) in [6.45, 7) is 2.85. The van der Waals surface area contributed by atoms with Crippen molar-refractivity contribution in [1.29, 1.82) is 0 Å². The summed E-state index contributed by atoms with van der Waals surface area (Å²) in [5.74, 6) is 0.745. The number of nitrogens with one attached hydrogen (secondary N) is 1. The Morgan fingerprint density at radius 2 is 1.95 bits per heavy atom. The maximum absolute atomic E-state index is 4.71. The fourth-order valence-corrected chi connectivity index (χ4v) is 2.50. The van der Waals surface area contributed by atoms with Gasteiger partial charge in [-0.1, -0.05) is 0 Å². The summed E-state index contributed by atoms with van der Waals surface area (Å²) in [4.78, 5) is 13.4. The molecule has 0 unspecified atom stereocenters. The van der Waals surface area contributed by atoms with E-state index in [0.717, 1.165) is 34.7 Å². The molecule has 1 N–H and O–H groups in total. The lowest BCUT2D eigenvalue weighted by Crippen LogP contribution is -2.05. The second-order valence-electron chi connectivity index (χ2n) is 4.86. The van der Waals surface area contributed by atoms with E-state index in [4.69, 9.17) is 4.98 Å². The molecule has 5 nitrogen and oxygen atoms in total. The summed E-state index contributed by atoms with van der Waals surface area (Å²) >= 11 is 0. The van der Waals surface area contributed by atoms with Gasteiger partial charge in [0.25, 0.3) is 0 Å². The SMILES string of the molecule is CNCc1cn(C)c2nc(-c3ccncc3)nc(C)c12. The van der Waals surface area contributed by atoms with Crippen molar-refractivity contribution in [2.24, 2.45) is 7.05 Å². The Balaban J connectivity index is 2.22. The van der Waals surface area contributed by atoms with E-state index in [1.54, 1.807) is 12.4 Å². The molecule has 0 spiro atoms. The molecule has 3 aromatic rings. The minimum absolute atomic E-state index is 0.745. The van der Waals surface area contributed by atoms with Crippen LogP contribution in [0.3, 0.4) is 0 Å². The van der Waals surface area contributed by atoms with Crippen LogP contribution in [0.1, 0.15) is 11.3 Å². The van der Waals surface area contributed by atoms with Gasteiger partial charge in [0.1, 0.15) is 5.65 Å². The number of aromatic nitrogens is 4. The molecule has 3 aromatic heterocycles. The summed E-state index contributed by atoms with van der Waals surface area (Å²) < 4.78 is 2.06. The van der Waals surface area contributed by atoms with E-state index >= 15 is 0 Å². The highest BCUT2D eigenvalue weighted by Crippen LogP contribution is 2.25. The summed E-state index contributed by atoms with van der Waals surface area (Å²) in [6, 6.07) is 3.86. The fourth-order valence-electron chi connectivity index (χ4n) is 2.50. The van der Waals surface area contributed by atoms with E-state index in [2.05, 4.69) is 26.0 Å². The number of rotatable bonds is 3. The Labute approximate surface area is 117 Å². The van der Waals surface area contributed by atoms with Gasteiger partial charge in [-0.15, -0.1) is 0 Å². The lowest BCUT2D eigenvalue weighted by atomic mass is 10.2. The summed E-state index contributed by atoms with van der Waals surface area (Å²) in [7, 11) is 3.96. The van der Waals surface area contributed by atoms with Crippen LogP contribution in [0.2, 0.25) is 0 Å². The zero-order valence-corrected chi connectivity index (χ0v) is 11.9. The molecular formula is C15H17N5. The van der Waals surface area contributed by atoms with Crippen LogP contribution in [0.5, 0.6) is 0 Å². The monoisotopic (exact) mass is 267 g/mol. The molecule has 0 atom stereocenters. The Kier molecular flexibility index (Phi) is 3.20. The van der Waals surface area contributed by atoms with E-state index in [1.165, 1.54) is 5.56 Å². The van der Waals surface area contributed by atoms with Gasteiger partial charge in [0.05, 0.1) is 5.69 Å². The quantitative estimate of drug-likeness (QED) is 0.789. The first-order valence-electron chi connectivity index (χ1n) is 6.58. The lowest BCUT2D eigenvalue weighted by molar-refractivity contribution is 0.815. The maximum Gasteiger partial charge on any atom is 0.161 e. The van der Waals surface area contributed by atoms with Gasteiger partial charge in [0.15, 0.2) is 5.82 Å². The first-order chi connectivity index (χ1) is 9.70. The summed E-state index contributed by atoms with van der Waals surface area (Å²) in [5, 5.41) is 4.32. The topological polar surface area (TPSA) is 55.6 Å². The van der Waals surface area contributed by atoms with E-state index in [9.17, 15) is 0 Å². The Morgan fingerprint density at radius 3 is 2.65 bits per heavy atom. The highest BCUT2D eigenvalue weighted by Gasteiger charge is 2.13. The van der Waals surface area contributed by atoms with Crippen molar-refractivity contribution >= 4 is 11.0 Å². The van der Waals surface area contributed by atoms with Gasteiger partial charge in [0.2, 0.25) is 0 Å². The van der Waals surface area contributed by atoms with Gasteiger partial charge >= 0.3 is 0 Å². The molecule has 0 aliphatic rings. The predicted molar refractivity (Wildman–Crippen MR) is 79.2 cm³/mol. The van der Waals surface area contributed by atoms with Gasteiger partial charge < -0.3 is 9.88 Å². The van der Waals surface area contributed by atoms with Crippen LogP contribution in [-0.4, -0.2) is 26.6 Å². The number of pyridine rings is 1. The maximum atomic E-state index is 4.71. The van der Waals surface area contributed by atoms with Crippen molar-refractivity contribution in [3.63, 3.8) is 0 Å². The van der Waals surface area contributed by atoms with Crippen LogP contribution in [0.25, 0.3) is 22.4 Å². The van der Waals surface area contributed by atoms with Gasteiger partial charge in [-0.3, -0.25) is 4.98 Å². The van der Waals surface area contributed by atoms with E-state index in [1.807, 2.05) is 33.2 Å². The summed E-state index contributed by atoms with van der Waals surface area (Å²) in [5.41, 5.74) is 4.19. The zero-order valence-electron chi connectivity index (χ0n) is 11.9. The second-order valence-corrected chi connectivity index (χ2v) is 4.86. The first-order valence-corrected chi connectivity index (χ1v) is 6.58. The Morgan fingerprint density at radius 1 is 1.20 bits per heavy atom. The van der Waals surface area contributed by atoms with Crippen molar-refractivity contribution in [3.8, 4) is 11.4 Å².